The van der Waals surface area contributed by atoms with Gasteiger partial charge in [-0.3, -0.25) is 0 Å². The van der Waals surface area contributed by atoms with Crippen LogP contribution in [0.25, 0.3) is 0 Å². The summed E-state index contributed by atoms with van der Waals surface area (Å²) in [7, 11) is 0. The minimum atomic E-state index is -0.263. The Morgan fingerprint density at radius 2 is 2.19 bits per heavy atom. The van der Waals surface area contributed by atoms with Gasteiger partial charge in [-0.1, -0.05) is 26.3 Å². The lowest BCUT2D eigenvalue weighted by molar-refractivity contribution is 0.237. The normalized spacial score (nSPS) is 11.8. The molecule has 0 aliphatic heterocycles. The van der Waals surface area contributed by atoms with Crippen LogP contribution in [-0.4, -0.2) is 30.4 Å². The zero-order chi connectivity index (χ0) is 15.5. The summed E-state index contributed by atoms with van der Waals surface area (Å²) in [6.07, 6.45) is 3.44. The zero-order valence-electron chi connectivity index (χ0n) is 12.9. The van der Waals surface area contributed by atoms with Crippen LogP contribution < -0.4 is 15.4 Å². The van der Waals surface area contributed by atoms with E-state index in [4.69, 9.17) is 9.84 Å². The molecule has 0 heterocycles. The number of amides is 2. The third kappa shape index (κ3) is 6.99. The van der Waals surface area contributed by atoms with E-state index in [1.165, 1.54) is 0 Å². The summed E-state index contributed by atoms with van der Waals surface area (Å²) in [6, 6.07) is 7.07. The first-order chi connectivity index (χ1) is 10.2. The maximum Gasteiger partial charge on any atom is 0.319 e. The molecule has 0 aliphatic carbocycles. The zero-order valence-corrected chi connectivity index (χ0v) is 12.9. The predicted molar refractivity (Wildman–Crippen MR) is 84.8 cm³/mol. The lowest BCUT2D eigenvalue weighted by Crippen LogP contribution is -2.38. The number of aliphatic hydroxyl groups is 1. The molecule has 1 aromatic carbocycles. The van der Waals surface area contributed by atoms with Gasteiger partial charge in [0.15, 0.2) is 0 Å². The third-order valence-corrected chi connectivity index (χ3v) is 3.16. The minimum absolute atomic E-state index is 0.0148. The van der Waals surface area contributed by atoms with Crippen molar-refractivity contribution in [3.8, 4) is 5.75 Å². The van der Waals surface area contributed by atoms with E-state index in [0.29, 0.717) is 18.7 Å². The molecule has 3 N–H and O–H groups in total. The lowest BCUT2D eigenvalue weighted by Gasteiger charge is -2.16. The number of hydrogen-bond donors (Lipinski definition) is 3. The van der Waals surface area contributed by atoms with Crippen molar-refractivity contribution in [2.75, 3.05) is 18.5 Å². The first kappa shape index (κ1) is 17.3. The number of ether oxygens (including phenoxy) is 1. The molecular weight excluding hydrogens is 268 g/mol. The van der Waals surface area contributed by atoms with Crippen molar-refractivity contribution < 1.29 is 14.6 Å². The van der Waals surface area contributed by atoms with Crippen LogP contribution in [0.3, 0.4) is 0 Å². The number of benzene rings is 1. The first-order valence-electron chi connectivity index (χ1n) is 7.60. The van der Waals surface area contributed by atoms with Crippen LogP contribution in [0.5, 0.6) is 5.75 Å². The van der Waals surface area contributed by atoms with Gasteiger partial charge in [0.2, 0.25) is 0 Å². The summed E-state index contributed by atoms with van der Waals surface area (Å²) in [5.74, 6) is 0.753. The molecule has 0 aromatic heterocycles. The fourth-order valence-corrected chi connectivity index (χ4v) is 1.88. The van der Waals surface area contributed by atoms with Crippen molar-refractivity contribution >= 4 is 11.7 Å². The van der Waals surface area contributed by atoms with Crippen molar-refractivity contribution in [3.63, 3.8) is 0 Å². The van der Waals surface area contributed by atoms with Crippen LogP contribution in [0.2, 0.25) is 0 Å². The Labute approximate surface area is 126 Å². The second-order valence-corrected chi connectivity index (χ2v) is 4.95. The van der Waals surface area contributed by atoms with Gasteiger partial charge in [-0.05, 0) is 31.4 Å². The molecule has 5 nitrogen and oxygen atoms in total. The van der Waals surface area contributed by atoms with Crippen LogP contribution >= 0.6 is 0 Å². The molecule has 0 bridgehead atoms. The number of unbranched alkanes of at least 4 members (excludes halogenated alkanes) is 1. The average molecular weight is 294 g/mol. The highest BCUT2D eigenvalue weighted by Gasteiger charge is 2.10. The second-order valence-electron chi connectivity index (χ2n) is 4.95. The number of nitrogens with one attached hydrogen (secondary N) is 2. The monoisotopic (exact) mass is 294 g/mol. The topological polar surface area (TPSA) is 70.6 Å². The molecule has 0 fully saturated rings. The highest BCUT2D eigenvalue weighted by molar-refractivity contribution is 5.89. The number of carbonyl (C=O) groups excluding carboxylic acids is 1. The van der Waals surface area contributed by atoms with Gasteiger partial charge in [0.1, 0.15) is 5.75 Å². The van der Waals surface area contributed by atoms with Gasteiger partial charge in [0.25, 0.3) is 0 Å². The average Bonchev–Trinajstić information content (AvgIpc) is 2.47. The summed E-state index contributed by atoms with van der Waals surface area (Å²) in [5.41, 5.74) is 0.695. The Hall–Kier alpha value is -1.75. The Kier molecular flexibility index (Phi) is 8.28. The number of aliphatic hydroxyl groups excluding tert-OH is 1. The summed E-state index contributed by atoms with van der Waals surface area (Å²) < 4.78 is 5.60. The largest absolute Gasteiger partial charge is 0.494 e. The van der Waals surface area contributed by atoms with Gasteiger partial charge in [0, 0.05) is 24.4 Å². The number of anilines is 1. The van der Waals surface area contributed by atoms with Crippen LogP contribution in [0.4, 0.5) is 10.5 Å². The Balaban J connectivity index is 2.49. The van der Waals surface area contributed by atoms with Crippen molar-refractivity contribution in [1.82, 2.24) is 5.32 Å². The molecule has 1 atom stereocenters. The second kappa shape index (κ2) is 10.0. The molecule has 5 heteroatoms. The van der Waals surface area contributed by atoms with Crippen LogP contribution in [0.1, 0.15) is 39.5 Å². The summed E-state index contributed by atoms with van der Waals surface area (Å²) in [5, 5.41) is 14.5. The molecule has 1 rings (SSSR count). The van der Waals surface area contributed by atoms with Gasteiger partial charge < -0.3 is 20.5 Å². The van der Waals surface area contributed by atoms with Crippen LogP contribution in [-0.2, 0) is 0 Å². The van der Waals surface area contributed by atoms with Crippen LogP contribution in [0.15, 0.2) is 24.3 Å². The molecule has 0 spiro atoms. The van der Waals surface area contributed by atoms with E-state index >= 15 is 0 Å². The fourth-order valence-electron chi connectivity index (χ4n) is 1.88. The maximum absolute atomic E-state index is 11.9. The van der Waals surface area contributed by atoms with E-state index in [9.17, 15) is 4.79 Å². The van der Waals surface area contributed by atoms with E-state index < -0.39 is 0 Å². The van der Waals surface area contributed by atoms with Gasteiger partial charge in [0.05, 0.1) is 6.61 Å². The fraction of sp³-hybridized carbons (Fsp3) is 0.562. The van der Waals surface area contributed by atoms with Crippen molar-refractivity contribution in [2.45, 2.75) is 45.6 Å². The van der Waals surface area contributed by atoms with Crippen molar-refractivity contribution in [3.05, 3.63) is 24.3 Å². The van der Waals surface area contributed by atoms with Crippen molar-refractivity contribution in [1.29, 1.82) is 0 Å². The molecule has 0 saturated heterocycles. The molecular formula is C16H26N2O3. The maximum atomic E-state index is 11.9. The Morgan fingerprint density at radius 3 is 2.86 bits per heavy atom. The smallest absolute Gasteiger partial charge is 0.319 e. The number of rotatable bonds is 9. The number of urea groups is 1. The van der Waals surface area contributed by atoms with E-state index in [1.54, 1.807) is 0 Å². The predicted octanol–water partition coefficient (Wildman–Crippen LogP) is 3.15. The molecule has 2 amide bonds. The van der Waals surface area contributed by atoms with E-state index in [0.717, 1.165) is 25.0 Å². The third-order valence-electron chi connectivity index (χ3n) is 3.16. The molecule has 21 heavy (non-hydrogen) atoms. The summed E-state index contributed by atoms with van der Waals surface area (Å²) >= 11 is 0. The highest BCUT2D eigenvalue weighted by atomic mass is 16.5. The van der Waals surface area contributed by atoms with Gasteiger partial charge >= 0.3 is 6.03 Å². The summed E-state index contributed by atoms with van der Waals surface area (Å²) in [4.78, 5) is 11.9. The Morgan fingerprint density at radius 1 is 1.38 bits per heavy atom. The number of carbonyl (C=O) groups is 1. The Bertz CT molecular complexity index is 424. The van der Waals surface area contributed by atoms with E-state index in [-0.39, 0.29) is 18.7 Å². The van der Waals surface area contributed by atoms with Gasteiger partial charge in [-0.15, -0.1) is 0 Å². The van der Waals surface area contributed by atoms with E-state index in [2.05, 4.69) is 17.6 Å². The molecule has 118 valence electrons. The minimum Gasteiger partial charge on any atom is -0.494 e. The van der Waals surface area contributed by atoms with Gasteiger partial charge in [-0.25, -0.2) is 4.79 Å². The molecule has 1 aromatic rings. The number of hydrogen-bond acceptors (Lipinski definition) is 3. The molecule has 1 unspecified atom stereocenters. The van der Waals surface area contributed by atoms with Crippen LogP contribution in [0, 0.1) is 0 Å². The van der Waals surface area contributed by atoms with E-state index in [1.807, 2.05) is 31.2 Å². The molecule has 0 saturated carbocycles. The standard InChI is InChI=1S/C16H26N2O3/c1-3-5-11-21-15-8-6-7-14(12-15)18-16(20)17-13(4-2)9-10-19/h6-8,12-13,19H,3-5,9-11H2,1-2H3,(H2,17,18,20). The lowest BCUT2D eigenvalue weighted by atomic mass is 10.2. The molecule has 0 aliphatic rings. The molecule has 0 radical (unpaired) electrons. The quantitative estimate of drug-likeness (QED) is 0.613. The first-order valence-corrected chi connectivity index (χ1v) is 7.60. The van der Waals surface area contributed by atoms with Gasteiger partial charge in [-0.2, -0.15) is 0 Å². The SMILES string of the molecule is CCCCOc1cccc(NC(=O)NC(CC)CCO)c1. The summed E-state index contributed by atoms with van der Waals surface area (Å²) in [6.45, 7) is 4.84. The van der Waals surface area contributed by atoms with Crippen molar-refractivity contribution in [2.24, 2.45) is 0 Å². The highest BCUT2D eigenvalue weighted by Crippen LogP contribution is 2.17.